The number of benzene rings is 2. The number of hydrogen-bond acceptors (Lipinski definition) is 2. The largest absolute Gasteiger partial charge is 0.356 e. The molecule has 0 unspecified atom stereocenters. The van der Waals surface area contributed by atoms with Crippen LogP contribution in [0.2, 0.25) is 0 Å². The minimum Gasteiger partial charge on any atom is -0.356 e. The van der Waals surface area contributed by atoms with Gasteiger partial charge in [-0.05, 0) is 48.6 Å². The highest BCUT2D eigenvalue weighted by Crippen LogP contribution is 2.14. The molecular weight excluding hydrogens is 358 g/mol. The number of nitrogens with one attached hydrogen (secondary N) is 2. The summed E-state index contributed by atoms with van der Waals surface area (Å²) >= 11 is 0. The van der Waals surface area contributed by atoms with Crippen molar-refractivity contribution in [2.45, 2.75) is 31.8 Å². The van der Waals surface area contributed by atoms with Crippen LogP contribution in [0.25, 0.3) is 0 Å². The van der Waals surface area contributed by atoms with Crippen molar-refractivity contribution >= 4 is 5.96 Å². The predicted molar refractivity (Wildman–Crippen MR) is 109 cm³/mol. The Hall–Kier alpha value is -2.47. The van der Waals surface area contributed by atoms with Crippen molar-refractivity contribution in [2.75, 3.05) is 26.7 Å². The van der Waals surface area contributed by atoms with Crippen LogP contribution in [0.1, 0.15) is 24.0 Å². The zero-order chi connectivity index (χ0) is 19.8. The highest BCUT2D eigenvalue weighted by Gasteiger charge is 2.20. The van der Waals surface area contributed by atoms with Crippen LogP contribution < -0.4 is 10.6 Å². The van der Waals surface area contributed by atoms with Crippen molar-refractivity contribution in [3.63, 3.8) is 0 Å². The lowest BCUT2D eigenvalue weighted by Gasteiger charge is -2.33. The van der Waals surface area contributed by atoms with Crippen molar-refractivity contribution in [2.24, 2.45) is 4.99 Å². The summed E-state index contributed by atoms with van der Waals surface area (Å²) in [6, 6.07) is 14.4. The molecule has 0 aliphatic carbocycles. The topological polar surface area (TPSA) is 39.7 Å². The van der Waals surface area contributed by atoms with E-state index in [-0.39, 0.29) is 5.82 Å². The van der Waals surface area contributed by atoms with E-state index in [1.807, 2.05) is 6.07 Å². The van der Waals surface area contributed by atoms with Gasteiger partial charge in [-0.1, -0.05) is 30.3 Å². The molecule has 2 aromatic rings. The van der Waals surface area contributed by atoms with Gasteiger partial charge in [0, 0.05) is 39.3 Å². The minimum atomic E-state index is -0.416. The molecule has 0 bridgehead atoms. The lowest BCUT2D eigenvalue weighted by molar-refractivity contribution is 0.198. The van der Waals surface area contributed by atoms with Gasteiger partial charge in [0.2, 0.25) is 0 Å². The van der Waals surface area contributed by atoms with E-state index in [4.69, 9.17) is 0 Å². The van der Waals surface area contributed by atoms with Crippen LogP contribution in [0.15, 0.2) is 53.5 Å². The molecule has 0 atom stereocenters. The van der Waals surface area contributed by atoms with Gasteiger partial charge in [0.25, 0.3) is 0 Å². The van der Waals surface area contributed by atoms with Gasteiger partial charge in [0.05, 0.1) is 0 Å². The molecule has 150 valence electrons. The highest BCUT2D eigenvalue weighted by molar-refractivity contribution is 5.79. The summed E-state index contributed by atoms with van der Waals surface area (Å²) in [5, 5.41) is 6.65. The molecule has 6 heteroatoms. The Morgan fingerprint density at radius 3 is 2.57 bits per heavy atom. The molecule has 1 aliphatic heterocycles. The molecule has 28 heavy (non-hydrogen) atoms. The molecule has 0 spiro atoms. The van der Waals surface area contributed by atoms with E-state index in [2.05, 4.69) is 44.8 Å². The van der Waals surface area contributed by atoms with Crippen molar-refractivity contribution < 1.29 is 8.78 Å². The zero-order valence-corrected chi connectivity index (χ0v) is 16.3. The van der Waals surface area contributed by atoms with Crippen LogP contribution in [0, 0.1) is 11.6 Å². The van der Waals surface area contributed by atoms with E-state index in [0.717, 1.165) is 38.5 Å². The first-order chi connectivity index (χ1) is 13.6. The first kappa shape index (κ1) is 20.3. The quantitative estimate of drug-likeness (QED) is 0.591. The fourth-order valence-corrected chi connectivity index (χ4v) is 3.52. The van der Waals surface area contributed by atoms with Crippen LogP contribution in [0.4, 0.5) is 8.78 Å². The number of guanidine groups is 1. The molecular formula is C22H28F2N4. The summed E-state index contributed by atoms with van der Waals surface area (Å²) in [5.74, 6) is -0.0866. The van der Waals surface area contributed by atoms with E-state index in [0.29, 0.717) is 30.5 Å². The molecule has 0 aromatic heterocycles. The lowest BCUT2D eigenvalue weighted by Crippen LogP contribution is -2.48. The maximum Gasteiger partial charge on any atom is 0.191 e. The number of nitrogens with zero attached hydrogens (tertiary/aromatic N) is 2. The van der Waals surface area contributed by atoms with Gasteiger partial charge in [-0.3, -0.25) is 9.89 Å². The van der Waals surface area contributed by atoms with Crippen LogP contribution in [-0.4, -0.2) is 43.6 Å². The van der Waals surface area contributed by atoms with Crippen molar-refractivity contribution in [1.82, 2.24) is 15.5 Å². The second kappa shape index (κ2) is 10.2. The Labute approximate surface area is 165 Å². The molecule has 2 N–H and O–H groups in total. The van der Waals surface area contributed by atoms with E-state index < -0.39 is 5.82 Å². The summed E-state index contributed by atoms with van der Waals surface area (Å²) in [6.07, 6.45) is 2.50. The Morgan fingerprint density at radius 2 is 1.86 bits per heavy atom. The Balaban J connectivity index is 1.40. The van der Waals surface area contributed by atoms with Crippen molar-refractivity contribution in [3.05, 3.63) is 71.3 Å². The summed E-state index contributed by atoms with van der Waals surface area (Å²) in [4.78, 5) is 6.72. The van der Waals surface area contributed by atoms with Gasteiger partial charge < -0.3 is 10.6 Å². The van der Waals surface area contributed by atoms with Crippen LogP contribution >= 0.6 is 0 Å². The summed E-state index contributed by atoms with van der Waals surface area (Å²) in [7, 11) is 1.72. The fraction of sp³-hybridized carbons (Fsp3) is 0.409. The van der Waals surface area contributed by atoms with Crippen molar-refractivity contribution in [1.29, 1.82) is 0 Å². The fourth-order valence-electron chi connectivity index (χ4n) is 3.52. The monoisotopic (exact) mass is 386 g/mol. The molecule has 1 saturated heterocycles. The predicted octanol–water partition coefficient (Wildman–Crippen LogP) is 3.34. The van der Waals surface area contributed by atoms with Gasteiger partial charge in [-0.2, -0.15) is 0 Å². The van der Waals surface area contributed by atoms with E-state index in [1.165, 1.54) is 17.7 Å². The molecule has 4 nitrogen and oxygen atoms in total. The Morgan fingerprint density at radius 1 is 1.11 bits per heavy atom. The Kier molecular flexibility index (Phi) is 7.37. The Bertz CT molecular complexity index is 771. The number of piperidine rings is 1. The maximum absolute atomic E-state index is 13.7. The number of halogens is 2. The van der Waals surface area contributed by atoms with E-state index in [1.54, 1.807) is 7.05 Å². The summed E-state index contributed by atoms with van der Waals surface area (Å²) in [6.45, 7) is 3.56. The lowest BCUT2D eigenvalue weighted by atomic mass is 10.0. The number of hydrogen-bond donors (Lipinski definition) is 2. The number of likely N-dealkylation sites (tertiary alicyclic amines) is 1. The molecule has 2 aromatic carbocycles. The van der Waals surface area contributed by atoms with E-state index >= 15 is 0 Å². The first-order valence-corrected chi connectivity index (χ1v) is 9.81. The zero-order valence-electron chi connectivity index (χ0n) is 16.3. The summed E-state index contributed by atoms with van der Waals surface area (Å²) < 4.78 is 26.9. The van der Waals surface area contributed by atoms with Gasteiger partial charge in [-0.25, -0.2) is 8.78 Å². The molecule has 1 fully saturated rings. The average Bonchev–Trinajstić information content (AvgIpc) is 2.72. The van der Waals surface area contributed by atoms with Crippen LogP contribution in [-0.2, 0) is 13.0 Å². The summed E-state index contributed by atoms with van der Waals surface area (Å²) in [5.41, 5.74) is 1.72. The maximum atomic E-state index is 13.7. The molecule has 1 heterocycles. The van der Waals surface area contributed by atoms with Gasteiger partial charge >= 0.3 is 0 Å². The highest BCUT2D eigenvalue weighted by atomic mass is 19.1. The van der Waals surface area contributed by atoms with E-state index in [9.17, 15) is 8.78 Å². The average molecular weight is 386 g/mol. The molecule has 3 rings (SSSR count). The normalized spacial score (nSPS) is 16.2. The third-order valence-electron chi connectivity index (χ3n) is 5.10. The van der Waals surface area contributed by atoms with Crippen LogP contribution in [0.5, 0.6) is 0 Å². The van der Waals surface area contributed by atoms with Gasteiger partial charge in [0.15, 0.2) is 5.96 Å². The SMILES string of the molecule is CN=C(NCCc1cc(F)ccc1F)NC1CCN(Cc2ccccc2)CC1. The van der Waals surface area contributed by atoms with Gasteiger partial charge in [-0.15, -0.1) is 0 Å². The molecule has 1 aliphatic rings. The third-order valence-corrected chi connectivity index (χ3v) is 5.10. The second-order valence-corrected chi connectivity index (χ2v) is 7.17. The van der Waals surface area contributed by atoms with Crippen molar-refractivity contribution in [3.8, 4) is 0 Å². The molecule has 0 saturated carbocycles. The number of rotatable bonds is 6. The molecule has 0 radical (unpaired) electrons. The minimum absolute atomic E-state index is 0.365. The van der Waals surface area contributed by atoms with Crippen LogP contribution in [0.3, 0.4) is 0 Å². The van der Waals surface area contributed by atoms with Gasteiger partial charge in [0.1, 0.15) is 11.6 Å². The number of aliphatic imine (C=N–C) groups is 1. The third kappa shape index (κ3) is 6.02. The standard InChI is InChI=1S/C22H28F2N4/c1-25-22(26-12-9-18-15-19(23)7-8-21(18)24)27-20-10-13-28(14-11-20)16-17-5-3-2-4-6-17/h2-8,15,20H,9-14,16H2,1H3,(H2,25,26,27). The first-order valence-electron chi connectivity index (χ1n) is 9.81. The smallest absolute Gasteiger partial charge is 0.191 e. The molecule has 0 amide bonds. The second-order valence-electron chi connectivity index (χ2n) is 7.17.